The van der Waals surface area contributed by atoms with E-state index in [0.717, 1.165) is 19.3 Å². The van der Waals surface area contributed by atoms with Crippen molar-refractivity contribution in [3.05, 3.63) is 60.4 Å². The summed E-state index contributed by atoms with van der Waals surface area (Å²) in [7, 11) is 1.80. The monoisotopic (exact) mass is 431 g/mol. The van der Waals surface area contributed by atoms with Crippen LogP contribution in [0.4, 0.5) is 13.2 Å². The first kappa shape index (κ1) is 20.8. The fourth-order valence-corrected chi connectivity index (χ4v) is 3.34. The Morgan fingerprint density at radius 2 is 1.94 bits per heavy atom. The molecule has 0 N–H and O–H groups in total. The lowest BCUT2D eigenvalue weighted by atomic mass is 9.91. The second-order valence-electron chi connectivity index (χ2n) is 7.39. The summed E-state index contributed by atoms with van der Waals surface area (Å²) in [4.78, 5) is 27.7. The van der Waals surface area contributed by atoms with Crippen LogP contribution in [-0.4, -0.2) is 42.7 Å². The summed E-state index contributed by atoms with van der Waals surface area (Å²) in [5, 5.41) is 0. The number of halogens is 3. The van der Waals surface area contributed by atoms with E-state index in [1.54, 1.807) is 41.3 Å². The quantitative estimate of drug-likeness (QED) is 0.591. The molecule has 1 amide bonds. The first-order chi connectivity index (χ1) is 14.8. The predicted molar refractivity (Wildman–Crippen MR) is 105 cm³/mol. The van der Waals surface area contributed by atoms with Crippen molar-refractivity contribution in [2.75, 3.05) is 0 Å². The zero-order valence-corrected chi connectivity index (χ0v) is 16.7. The van der Waals surface area contributed by atoms with Gasteiger partial charge in [-0.2, -0.15) is 0 Å². The average molecular weight is 431 g/mol. The highest BCUT2D eigenvalue weighted by Gasteiger charge is 2.32. The van der Waals surface area contributed by atoms with Crippen molar-refractivity contribution >= 4 is 5.91 Å². The molecule has 1 aliphatic rings. The second kappa shape index (κ2) is 8.37. The van der Waals surface area contributed by atoms with E-state index in [1.165, 1.54) is 24.3 Å². The van der Waals surface area contributed by atoms with Gasteiger partial charge in [-0.3, -0.25) is 4.79 Å². The van der Waals surface area contributed by atoms with Crippen LogP contribution in [0.2, 0.25) is 0 Å². The van der Waals surface area contributed by atoms with Gasteiger partial charge in [0.1, 0.15) is 11.4 Å². The number of aryl methyl sites for hydroxylation is 1. The highest BCUT2D eigenvalue weighted by atomic mass is 19.4. The summed E-state index contributed by atoms with van der Waals surface area (Å²) in [5.41, 5.74) is 1.56. The number of aromatic nitrogens is 4. The van der Waals surface area contributed by atoms with E-state index in [0.29, 0.717) is 29.3 Å². The van der Waals surface area contributed by atoms with Gasteiger partial charge in [0.05, 0.1) is 18.6 Å². The van der Waals surface area contributed by atoms with Crippen molar-refractivity contribution in [3.8, 4) is 17.1 Å². The number of nitrogens with zero attached hydrogens (tertiary/aromatic N) is 5. The van der Waals surface area contributed by atoms with E-state index >= 15 is 0 Å². The van der Waals surface area contributed by atoms with Gasteiger partial charge >= 0.3 is 6.36 Å². The second-order valence-corrected chi connectivity index (χ2v) is 7.39. The molecule has 1 aromatic carbocycles. The maximum atomic E-state index is 13.0. The number of alkyl halides is 3. The Morgan fingerprint density at radius 3 is 2.52 bits per heavy atom. The Labute approximate surface area is 176 Å². The number of carbonyl (C=O) groups excluding carboxylic acids is 1. The van der Waals surface area contributed by atoms with E-state index in [-0.39, 0.29) is 17.7 Å². The van der Waals surface area contributed by atoms with Gasteiger partial charge in [-0.05, 0) is 49.6 Å². The fourth-order valence-electron chi connectivity index (χ4n) is 3.34. The molecular formula is C21H20F3N5O2. The molecule has 2 heterocycles. The summed E-state index contributed by atoms with van der Waals surface area (Å²) in [6, 6.07) is 7.20. The Bertz CT molecular complexity index is 1060. The van der Waals surface area contributed by atoms with Crippen LogP contribution in [0.5, 0.6) is 5.75 Å². The SMILES string of the molecule is Cn1cnc(C(=O)N(Cc2ccnc(-c3ccc(OC(F)(F)F)cc3)n2)C2CCC2)c1. The van der Waals surface area contributed by atoms with Gasteiger partial charge in [-0.25, -0.2) is 15.0 Å². The molecule has 0 atom stereocenters. The summed E-state index contributed by atoms with van der Waals surface area (Å²) in [5.74, 6) is -0.112. The van der Waals surface area contributed by atoms with Gasteiger partial charge in [0.15, 0.2) is 5.82 Å². The largest absolute Gasteiger partial charge is 0.573 e. The van der Waals surface area contributed by atoms with Gasteiger partial charge in [0.25, 0.3) is 5.91 Å². The molecule has 0 bridgehead atoms. The topological polar surface area (TPSA) is 73.1 Å². The first-order valence-corrected chi connectivity index (χ1v) is 9.75. The lowest BCUT2D eigenvalue weighted by Gasteiger charge is -2.37. The van der Waals surface area contributed by atoms with E-state index in [4.69, 9.17) is 0 Å². The van der Waals surface area contributed by atoms with E-state index < -0.39 is 6.36 Å². The molecule has 0 unspecified atom stereocenters. The van der Waals surface area contributed by atoms with E-state index in [2.05, 4.69) is 19.7 Å². The molecular weight excluding hydrogens is 411 g/mol. The average Bonchev–Trinajstić information content (AvgIpc) is 3.11. The zero-order valence-electron chi connectivity index (χ0n) is 16.7. The van der Waals surface area contributed by atoms with Gasteiger partial charge in [-0.1, -0.05) is 0 Å². The molecule has 0 aliphatic heterocycles. The van der Waals surface area contributed by atoms with Crippen LogP contribution in [0.3, 0.4) is 0 Å². The number of benzene rings is 1. The third-order valence-electron chi connectivity index (χ3n) is 5.09. The standard InChI is InChI=1S/C21H20F3N5O2/c1-28-12-18(26-13-28)20(30)29(16-3-2-4-16)11-15-9-10-25-19(27-15)14-5-7-17(8-6-14)31-21(22,23)24/h5-10,12-13,16H,2-4,11H2,1H3. The first-order valence-electron chi connectivity index (χ1n) is 9.75. The van der Waals surface area contributed by atoms with Crippen molar-refractivity contribution in [2.24, 2.45) is 7.05 Å². The Balaban J connectivity index is 1.53. The number of rotatable bonds is 6. The number of carbonyl (C=O) groups is 1. The number of ether oxygens (including phenoxy) is 1. The normalized spacial score (nSPS) is 14.2. The van der Waals surface area contributed by atoms with Crippen LogP contribution in [0, 0.1) is 0 Å². The van der Waals surface area contributed by atoms with Crippen molar-refractivity contribution in [1.82, 2.24) is 24.4 Å². The van der Waals surface area contributed by atoms with Crippen molar-refractivity contribution < 1.29 is 22.7 Å². The molecule has 10 heteroatoms. The van der Waals surface area contributed by atoms with Crippen LogP contribution < -0.4 is 4.74 Å². The number of imidazole rings is 1. The summed E-state index contributed by atoms with van der Waals surface area (Å²) in [6.07, 6.45) is 3.02. The summed E-state index contributed by atoms with van der Waals surface area (Å²) < 4.78 is 42.6. The summed E-state index contributed by atoms with van der Waals surface area (Å²) >= 11 is 0. The molecule has 1 aliphatic carbocycles. The predicted octanol–water partition coefficient (Wildman–Crippen LogP) is 3.97. The number of amides is 1. The maximum absolute atomic E-state index is 13.0. The van der Waals surface area contributed by atoms with Crippen LogP contribution in [0.1, 0.15) is 35.4 Å². The minimum Gasteiger partial charge on any atom is -0.406 e. The van der Waals surface area contributed by atoms with Crippen LogP contribution in [0.15, 0.2) is 49.1 Å². The van der Waals surface area contributed by atoms with Crippen LogP contribution >= 0.6 is 0 Å². The van der Waals surface area contributed by atoms with E-state index in [1.807, 2.05) is 0 Å². The Morgan fingerprint density at radius 1 is 1.19 bits per heavy atom. The molecule has 2 aromatic heterocycles. The van der Waals surface area contributed by atoms with Crippen molar-refractivity contribution in [1.29, 1.82) is 0 Å². The van der Waals surface area contributed by atoms with Gasteiger partial charge in [0.2, 0.25) is 0 Å². The van der Waals surface area contributed by atoms with Gasteiger partial charge in [0, 0.05) is 31.0 Å². The molecule has 0 spiro atoms. The van der Waals surface area contributed by atoms with Crippen molar-refractivity contribution in [2.45, 2.75) is 38.2 Å². The van der Waals surface area contributed by atoms with Crippen LogP contribution in [-0.2, 0) is 13.6 Å². The van der Waals surface area contributed by atoms with Gasteiger partial charge in [-0.15, -0.1) is 13.2 Å². The third-order valence-corrected chi connectivity index (χ3v) is 5.09. The highest BCUT2D eigenvalue weighted by Crippen LogP contribution is 2.28. The Kier molecular flexibility index (Phi) is 5.62. The molecule has 3 aromatic rings. The summed E-state index contributed by atoms with van der Waals surface area (Å²) in [6.45, 7) is 0.296. The van der Waals surface area contributed by atoms with Crippen molar-refractivity contribution in [3.63, 3.8) is 0 Å². The van der Waals surface area contributed by atoms with E-state index in [9.17, 15) is 18.0 Å². The minimum absolute atomic E-state index is 0.131. The number of hydrogen-bond acceptors (Lipinski definition) is 5. The maximum Gasteiger partial charge on any atom is 0.573 e. The Hall–Kier alpha value is -3.43. The molecule has 1 saturated carbocycles. The molecule has 31 heavy (non-hydrogen) atoms. The number of hydrogen-bond donors (Lipinski definition) is 0. The smallest absolute Gasteiger partial charge is 0.406 e. The zero-order chi connectivity index (χ0) is 22.0. The van der Waals surface area contributed by atoms with Crippen LogP contribution in [0.25, 0.3) is 11.4 Å². The highest BCUT2D eigenvalue weighted by molar-refractivity contribution is 5.92. The molecule has 0 radical (unpaired) electrons. The fraction of sp³-hybridized carbons (Fsp3) is 0.333. The molecule has 7 nitrogen and oxygen atoms in total. The van der Waals surface area contributed by atoms with Gasteiger partial charge < -0.3 is 14.2 Å². The molecule has 0 saturated heterocycles. The third kappa shape index (κ3) is 5.01. The minimum atomic E-state index is -4.75. The lowest BCUT2D eigenvalue weighted by molar-refractivity contribution is -0.274. The lowest BCUT2D eigenvalue weighted by Crippen LogP contribution is -2.44. The molecule has 1 fully saturated rings. The molecule has 4 rings (SSSR count). The molecule has 162 valence electrons.